The number of benzene rings is 4. The van der Waals surface area contributed by atoms with Gasteiger partial charge in [0.2, 0.25) is 12.7 Å². The fourth-order valence-electron chi connectivity index (χ4n) is 6.14. The molecule has 0 radical (unpaired) electrons. The first kappa shape index (κ1) is 27.0. The maximum Gasteiger partial charge on any atom is 0.344 e. The molecule has 9 rings (SSSR count). The van der Waals surface area contributed by atoms with Crippen LogP contribution in [0.25, 0.3) is 28.0 Å². The predicted molar refractivity (Wildman–Crippen MR) is 170 cm³/mol. The number of ether oxygens (including phenoxy) is 5. The average Bonchev–Trinajstić information content (AvgIpc) is 3.77. The second-order valence-electron chi connectivity index (χ2n) is 11.1. The number of hydrogen-bond acceptors (Lipinski definition) is 10. The van der Waals surface area contributed by atoms with Gasteiger partial charge in [-0.15, -0.1) is 5.10 Å². The second kappa shape index (κ2) is 10.6. The molecule has 0 aliphatic carbocycles. The molecule has 2 aliphatic heterocycles. The first-order valence-corrected chi connectivity index (χ1v) is 14.9. The lowest BCUT2D eigenvalue weighted by Gasteiger charge is -2.27. The van der Waals surface area contributed by atoms with Crippen molar-refractivity contribution >= 4 is 16.6 Å². The number of fused-ring (bicyclic) bond motifs is 7. The van der Waals surface area contributed by atoms with E-state index in [4.69, 9.17) is 38.2 Å². The molecule has 230 valence electrons. The monoisotopic (exact) mass is 624 g/mol. The van der Waals surface area contributed by atoms with E-state index in [1.54, 1.807) is 30.1 Å². The van der Waals surface area contributed by atoms with Crippen LogP contribution in [0.3, 0.4) is 0 Å². The standard InChI is InChI=1S/C36H24N4O7/c1-42-27-15-21(11-13-25(27)43-17-20-7-3-2-4-8-20)29-30-32(23-9-5-6-10-24(23)46-36(30)41)47-35-31(29)34-38-33(39-40(34)18-37-35)22-12-14-26-28(16-22)45-19-44-26/h2-16,18,29H,17,19H2,1H3. The van der Waals surface area contributed by atoms with Gasteiger partial charge < -0.3 is 28.1 Å². The quantitative estimate of drug-likeness (QED) is 0.190. The number of para-hydroxylation sites is 1. The zero-order valence-corrected chi connectivity index (χ0v) is 24.9. The van der Waals surface area contributed by atoms with E-state index in [1.807, 2.05) is 78.9 Å². The smallest absolute Gasteiger partial charge is 0.344 e. The van der Waals surface area contributed by atoms with Crippen molar-refractivity contribution in [1.29, 1.82) is 0 Å². The molecule has 0 N–H and O–H groups in total. The number of hydrogen-bond donors (Lipinski definition) is 0. The first-order valence-electron chi connectivity index (χ1n) is 14.9. The molecule has 3 aromatic heterocycles. The Bertz CT molecular complexity index is 2400. The topological polar surface area (TPSA) is 119 Å². The van der Waals surface area contributed by atoms with E-state index in [9.17, 15) is 4.79 Å². The van der Waals surface area contributed by atoms with Crippen molar-refractivity contribution in [3.05, 3.63) is 130 Å². The highest BCUT2D eigenvalue weighted by atomic mass is 16.7. The lowest BCUT2D eigenvalue weighted by molar-refractivity contribution is 0.174. The molecule has 1 unspecified atom stereocenters. The Morgan fingerprint density at radius 2 is 1.74 bits per heavy atom. The third kappa shape index (κ3) is 4.43. The number of aromatic nitrogens is 4. The summed E-state index contributed by atoms with van der Waals surface area (Å²) < 4.78 is 36.8. The molecular weight excluding hydrogens is 600 g/mol. The van der Waals surface area contributed by atoms with E-state index in [1.165, 1.54) is 0 Å². The maximum atomic E-state index is 13.8. The molecule has 11 nitrogen and oxygen atoms in total. The molecule has 0 fully saturated rings. The zero-order valence-electron chi connectivity index (χ0n) is 24.9. The minimum absolute atomic E-state index is 0.157. The van der Waals surface area contributed by atoms with Crippen LogP contribution in [-0.2, 0) is 6.61 Å². The van der Waals surface area contributed by atoms with E-state index in [0.717, 1.165) is 16.7 Å². The van der Waals surface area contributed by atoms with Gasteiger partial charge in [0.05, 0.1) is 29.5 Å². The SMILES string of the molecule is COc1cc(C2c3c(c4ccccc4oc3=O)Oc3ncn4nc(-c5ccc6c(c5)OCO6)nc4c32)ccc1OCc1ccccc1. The molecule has 7 aromatic rings. The van der Waals surface area contributed by atoms with Crippen molar-refractivity contribution in [2.75, 3.05) is 13.9 Å². The highest BCUT2D eigenvalue weighted by molar-refractivity contribution is 5.87. The van der Waals surface area contributed by atoms with Crippen LogP contribution in [-0.4, -0.2) is 33.5 Å². The molecule has 0 saturated carbocycles. The first-order chi connectivity index (χ1) is 23.1. The maximum absolute atomic E-state index is 13.8. The van der Waals surface area contributed by atoms with Crippen molar-refractivity contribution < 1.29 is 28.1 Å². The van der Waals surface area contributed by atoms with Crippen LogP contribution >= 0.6 is 0 Å². The van der Waals surface area contributed by atoms with Gasteiger partial charge in [-0.3, -0.25) is 0 Å². The highest BCUT2D eigenvalue weighted by Gasteiger charge is 2.38. The van der Waals surface area contributed by atoms with Crippen LogP contribution in [0.2, 0.25) is 0 Å². The summed E-state index contributed by atoms with van der Waals surface area (Å²) >= 11 is 0. The van der Waals surface area contributed by atoms with Crippen LogP contribution in [0.15, 0.2) is 107 Å². The van der Waals surface area contributed by atoms with Crippen molar-refractivity contribution in [2.24, 2.45) is 0 Å². The van der Waals surface area contributed by atoms with Gasteiger partial charge in [0.15, 0.2) is 40.2 Å². The molecule has 5 heterocycles. The molecule has 0 spiro atoms. The minimum Gasteiger partial charge on any atom is -0.493 e. The summed E-state index contributed by atoms with van der Waals surface area (Å²) in [6, 6.07) is 28.3. The predicted octanol–water partition coefficient (Wildman–Crippen LogP) is 6.50. The third-order valence-electron chi connectivity index (χ3n) is 8.35. The molecule has 0 bridgehead atoms. The van der Waals surface area contributed by atoms with Gasteiger partial charge in [0, 0.05) is 5.56 Å². The number of methoxy groups -OCH3 is 1. The molecule has 2 aliphatic rings. The molecule has 4 aromatic carbocycles. The van der Waals surface area contributed by atoms with Gasteiger partial charge in [-0.25, -0.2) is 19.3 Å². The largest absolute Gasteiger partial charge is 0.493 e. The molecular formula is C36H24N4O7. The summed E-state index contributed by atoms with van der Waals surface area (Å²) in [7, 11) is 1.58. The number of rotatable bonds is 6. The fraction of sp³-hybridized carbons (Fsp3) is 0.111. The summed E-state index contributed by atoms with van der Waals surface area (Å²) in [4.78, 5) is 23.4. The Labute approximate surface area is 266 Å². The van der Waals surface area contributed by atoms with Crippen LogP contribution in [0.4, 0.5) is 0 Å². The van der Waals surface area contributed by atoms with Gasteiger partial charge in [-0.05, 0) is 53.6 Å². The van der Waals surface area contributed by atoms with E-state index < -0.39 is 11.5 Å². The summed E-state index contributed by atoms with van der Waals surface area (Å²) in [5.74, 6) is 2.76. The van der Waals surface area contributed by atoms with E-state index in [-0.39, 0.29) is 6.79 Å². The van der Waals surface area contributed by atoms with Crippen LogP contribution in [0, 0.1) is 0 Å². The van der Waals surface area contributed by atoms with Crippen LogP contribution < -0.4 is 29.3 Å². The van der Waals surface area contributed by atoms with E-state index in [0.29, 0.717) is 74.8 Å². The highest BCUT2D eigenvalue weighted by Crippen LogP contribution is 2.50. The fourth-order valence-corrected chi connectivity index (χ4v) is 6.14. The number of nitrogens with zero attached hydrogens (tertiary/aromatic N) is 4. The van der Waals surface area contributed by atoms with E-state index in [2.05, 4.69) is 4.98 Å². The Morgan fingerprint density at radius 1 is 0.894 bits per heavy atom. The van der Waals surface area contributed by atoms with Crippen LogP contribution in [0.1, 0.15) is 28.2 Å². The van der Waals surface area contributed by atoms with Crippen LogP contribution in [0.5, 0.6) is 34.6 Å². The van der Waals surface area contributed by atoms with Crippen molar-refractivity contribution in [3.63, 3.8) is 0 Å². The lowest BCUT2D eigenvalue weighted by atomic mass is 9.84. The molecule has 11 heteroatoms. The van der Waals surface area contributed by atoms with Gasteiger partial charge in [0.25, 0.3) is 0 Å². The van der Waals surface area contributed by atoms with Gasteiger partial charge in [0.1, 0.15) is 18.5 Å². The van der Waals surface area contributed by atoms with E-state index >= 15 is 0 Å². The van der Waals surface area contributed by atoms with Gasteiger partial charge in [-0.2, -0.15) is 0 Å². The minimum atomic E-state index is -0.698. The van der Waals surface area contributed by atoms with Crippen molar-refractivity contribution in [2.45, 2.75) is 12.5 Å². The summed E-state index contributed by atoms with van der Waals surface area (Å²) in [6.07, 6.45) is 1.55. The Morgan fingerprint density at radius 3 is 2.64 bits per heavy atom. The molecule has 47 heavy (non-hydrogen) atoms. The van der Waals surface area contributed by atoms with Crippen molar-refractivity contribution in [1.82, 2.24) is 19.6 Å². The van der Waals surface area contributed by atoms with Crippen molar-refractivity contribution in [3.8, 4) is 46.0 Å². The Balaban J connectivity index is 1.22. The summed E-state index contributed by atoms with van der Waals surface area (Å²) in [5.41, 5.74) is 3.70. The molecule has 0 amide bonds. The normalized spacial score (nSPS) is 14.4. The lowest BCUT2D eigenvalue weighted by Crippen LogP contribution is -2.22. The summed E-state index contributed by atoms with van der Waals surface area (Å²) in [5, 5.41) is 5.37. The second-order valence-corrected chi connectivity index (χ2v) is 11.1. The zero-order chi connectivity index (χ0) is 31.5. The average molecular weight is 625 g/mol. The molecule has 0 saturated heterocycles. The third-order valence-corrected chi connectivity index (χ3v) is 8.35. The Kier molecular flexibility index (Phi) is 6.10. The van der Waals surface area contributed by atoms with Gasteiger partial charge >= 0.3 is 5.63 Å². The Hall–Kier alpha value is -6.36. The molecule has 1 atom stereocenters. The summed E-state index contributed by atoms with van der Waals surface area (Å²) in [6.45, 7) is 0.520. The van der Waals surface area contributed by atoms with Gasteiger partial charge in [-0.1, -0.05) is 48.5 Å².